The Labute approximate surface area is 157 Å². The van der Waals surface area contributed by atoms with Gasteiger partial charge in [0.15, 0.2) is 5.76 Å². The molecule has 0 bridgehead atoms. The second-order valence-electron chi connectivity index (χ2n) is 6.03. The Kier molecular flexibility index (Phi) is 6.59. The van der Waals surface area contributed by atoms with E-state index in [9.17, 15) is 14.9 Å². The van der Waals surface area contributed by atoms with Crippen molar-refractivity contribution in [3.63, 3.8) is 0 Å². The number of piperazine rings is 1. The Morgan fingerprint density at radius 2 is 1.81 bits per heavy atom. The van der Waals surface area contributed by atoms with Crippen LogP contribution in [0.25, 0.3) is 0 Å². The number of furan rings is 1. The van der Waals surface area contributed by atoms with E-state index in [0.29, 0.717) is 6.54 Å². The maximum absolute atomic E-state index is 12.0. The molecule has 0 spiro atoms. The largest absolute Gasteiger partial charge is 0.433 e. The molecule has 140 valence electrons. The number of nitrogens with one attached hydrogen (secondary N) is 1. The Hall–Kier alpha value is -2.58. The number of likely N-dealkylation sites (N-methyl/N-ethyl adjacent to an activating group) is 1. The highest BCUT2D eigenvalue weighted by Gasteiger charge is 2.17. The lowest BCUT2D eigenvalue weighted by Gasteiger charge is -2.34. The molecular formula is C17H21ClN4O4. The minimum Gasteiger partial charge on any atom is -0.395 e. The first-order chi connectivity index (χ1) is 12.0. The summed E-state index contributed by atoms with van der Waals surface area (Å²) < 4.78 is 4.88. The van der Waals surface area contributed by atoms with Crippen LogP contribution in [-0.4, -0.2) is 49.0 Å². The van der Waals surface area contributed by atoms with E-state index in [1.165, 1.54) is 17.8 Å². The summed E-state index contributed by atoms with van der Waals surface area (Å²) in [4.78, 5) is 26.5. The molecule has 2 aromatic rings. The van der Waals surface area contributed by atoms with Gasteiger partial charge in [-0.15, -0.1) is 12.4 Å². The Morgan fingerprint density at radius 1 is 1.15 bits per heavy atom. The van der Waals surface area contributed by atoms with Gasteiger partial charge in [-0.1, -0.05) is 12.1 Å². The molecule has 1 aromatic heterocycles. The average molecular weight is 381 g/mol. The van der Waals surface area contributed by atoms with Gasteiger partial charge in [-0.05, 0) is 30.8 Å². The quantitative estimate of drug-likeness (QED) is 0.632. The third kappa shape index (κ3) is 4.74. The molecule has 9 heteroatoms. The van der Waals surface area contributed by atoms with Crippen molar-refractivity contribution in [2.45, 2.75) is 6.54 Å². The second-order valence-corrected chi connectivity index (χ2v) is 6.03. The smallest absolute Gasteiger partial charge is 0.395 e. The summed E-state index contributed by atoms with van der Waals surface area (Å²) in [7, 11) is 2.12. The number of benzene rings is 1. The lowest BCUT2D eigenvalue weighted by atomic mass is 10.1. The zero-order chi connectivity index (χ0) is 17.8. The highest BCUT2D eigenvalue weighted by Crippen LogP contribution is 2.18. The molecule has 3 rings (SSSR count). The van der Waals surface area contributed by atoms with Crippen LogP contribution in [-0.2, 0) is 6.54 Å². The van der Waals surface area contributed by atoms with Crippen LogP contribution in [0.4, 0.5) is 11.6 Å². The molecule has 1 amide bonds. The molecule has 0 aliphatic carbocycles. The van der Waals surface area contributed by atoms with Gasteiger partial charge in [-0.2, -0.15) is 0 Å². The van der Waals surface area contributed by atoms with Crippen LogP contribution in [0.3, 0.4) is 0 Å². The molecule has 1 aliphatic heterocycles. The third-order valence-corrected chi connectivity index (χ3v) is 4.25. The summed E-state index contributed by atoms with van der Waals surface area (Å²) >= 11 is 0. The molecule has 1 aromatic carbocycles. The van der Waals surface area contributed by atoms with Gasteiger partial charge in [0.1, 0.15) is 4.92 Å². The van der Waals surface area contributed by atoms with Crippen LogP contribution in [0.5, 0.6) is 0 Å². The van der Waals surface area contributed by atoms with Crippen LogP contribution in [0, 0.1) is 10.1 Å². The number of anilines is 1. The summed E-state index contributed by atoms with van der Waals surface area (Å²) in [6.45, 7) is 4.43. The maximum atomic E-state index is 12.0. The number of hydrogen-bond acceptors (Lipinski definition) is 6. The van der Waals surface area contributed by atoms with Gasteiger partial charge in [0, 0.05) is 38.4 Å². The Bertz CT molecular complexity index is 754. The highest BCUT2D eigenvalue weighted by molar-refractivity contribution is 5.91. The lowest BCUT2D eigenvalue weighted by molar-refractivity contribution is -0.402. The summed E-state index contributed by atoms with van der Waals surface area (Å²) in [5.41, 5.74) is 2.12. The molecule has 0 unspecified atom stereocenters. The van der Waals surface area contributed by atoms with Crippen LogP contribution in [0.15, 0.2) is 40.8 Å². The monoisotopic (exact) mass is 380 g/mol. The summed E-state index contributed by atoms with van der Waals surface area (Å²) in [6, 6.07) is 10.5. The van der Waals surface area contributed by atoms with Crippen molar-refractivity contribution < 1.29 is 14.1 Å². The van der Waals surface area contributed by atoms with Gasteiger partial charge >= 0.3 is 5.88 Å². The topological polar surface area (TPSA) is 91.9 Å². The van der Waals surface area contributed by atoms with E-state index in [2.05, 4.69) is 22.2 Å². The number of nitro groups is 1. The van der Waals surface area contributed by atoms with Gasteiger partial charge in [0.05, 0.1) is 6.07 Å². The van der Waals surface area contributed by atoms with Crippen molar-refractivity contribution >= 4 is 29.9 Å². The van der Waals surface area contributed by atoms with Gasteiger partial charge in [-0.3, -0.25) is 14.9 Å². The molecule has 8 nitrogen and oxygen atoms in total. The number of carbonyl (C=O) groups excluding carboxylic acids is 1. The fraction of sp³-hybridized carbons (Fsp3) is 0.353. The van der Waals surface area contributed by atoms with Crippen molar-refractivity contribution in [2.24, 2.45) is 0 Å². The zero-order valence-electron chi connectivity index (χ0n) is 14.4. The number of nitrogens with zero attached hydrogens (tertiary/aromatic N) is 3. The first-order valence-corrected chi connectivity index (χ1v) is 8.08. The zero-order valence-corrected chi connectivity index (χ0v) is 15.2. The van der Waals surface area contributed by atoms with E-state index in [1.54, 1.807) is 0 Å². The molecule has 26 heavy (non-hydrogen) atoms. The fourth-order valence-electron chi connectivity index (χ4n) is 2.71. The Morgan fingerprint density at radius 3 is 2.38 bits per heavy atom. The minimum atomic E-state index is -0.673. The molecule has 1 fully saturated rings. The number of amides is 1. The molecule has 0 radical (unpaired) electrons. The molecule has 1 N–H and O–H groups in total. The van der Waals surface area contributed by atoms with Crippen LogP contribution in [0.2, 0.25) is 0 Å². The number of rotatable bonds is 5. The minimum absolute atomic E-state index is 0. The molecule has 0 saturated carbocycles. The average Bonchev–Trinajstić information content (AvgIpc) is 3.11. The molecule has 1 saturated heterocycles. The van der Waals surface area contributed by atoms with Gasteiger partial charge in [0.2, 0.25) is 0 Å². The molecule has 1 aliphatic rings. The first-order valence-electron chi connectivity index (χ1n) is 8.08. The van der Waals surface area contributed by atoms with Crippen molar-refractivity contribution in [2.75, 3.05) is 38.1 Å². The Balaban J connectivity index is 0.00000243. The van der Waals surface area contributed by atoms with E-state index in [-0.39, 0.29) is 18.2 Å². The highest BCUT2D eigenvalue weighted by atomic mass is 35.5. The van der Waals surface area contributed by atoms with Crippen molar-refractivity contribution in [1.82, 2.24) is 10.2 Å². The van der Waals surface area contributed by atoms with Crippen molar-refractivity contribution in [1.29, 1.82) is 0 Å². The third-order valence-electron chi connectivity index (χ3n) is 4.25. The van der Waals surface area contributed by atoms with Crippen molar-refractivity contribution in [3.05, 3.63) is 57.8 Å². The normalized spacial score (nSPS) is 14.6. The summed E-state index contributed by atoms with van der Waals surface area (Å²) in [5, 5.41) is 13.3. The number of hydrogen-bond donors (Lipinski definition) is 1. The second kappa shape index (κ2) is 8.68. The van der Waals surface area contributed by atoms with E-state index < -0.39 is 16.7 Å². The SMILES string of the molecule is CN1CCN(c2ccc(CNC(=O)c3ccc([N+](=O)[O-])o3)cc2)CC1.Cl. The number of halogens is 1. The van der Waals surface area contributed by atoms with Crippen LogP contribution in [0.1, 0.15) is 16.1 Å². The maximum Gasteiger partial charge on any atom is 0.433 e. The summed E-state index contributed by atoms with van der Waals surface area (Å²) in [5.74, 6) is -0.987. The predicted octanol–water partition coefficient (Wildman–Crippen LogP) is 2.29. The van der Waals surface area contributed by atoms with Crippen LogP contribution >= 0.6 is 12.4 Å². The molecule has 0 atom stereocenters. The van der Waals surface area contributed by atoms with E-state index in [0.717, 1.165) is 31.7 Å². The molecule has 2 heterocycles. The van der Waals surface area contributed by atoms with E-state index in [1.807, 2.05) is 24.3 Å². The van der Waals surface area contributed by atoms with Gasteiger partial charge in [0.25, 0.3) is 5.91 Å². The molecular weight excluding hydrogens is 360 g/mol. The first kappa shape index (κ1) is 19.7. The summed E-state index contributed by atoms with van der Waals surface area (Å²) in [6.07, 6.45) is 0. The predicted molar refractivity (Wildman–Crippen MR) is 99.9 cm³/mol. The van der Waals surface area contributed by atoms with Gasteiger partial charge < -0.3 is 19.5 Å². The standard InChI is InChI=1S/C17H20N4O4.ClH/c1-19-8-10-20(11-9-19)14-4-2-13(3-5-14)12-18-17(22)15-6-7-16(25-15)21(23)24;/h2-7H,8-12H2,1H3,(H,18,22);1H. The van der Waals surface area contributed by atoms with E-state index in [4.69, 9.17) is 4.42 Å². The number of carbonyl (C=O) groups is 1. The van der Waals surface area contributed by atoms with E-state index >= 15 is 0 Å². The lowest BCUT2D eigenvalue weighted by Crippen LogP contribution is -2.44. The van der Waals surface area contributed by atoms with Crippen molar-refractivity contribution in [3.8, 4) is 0 Å². The fourth-order valence-corrected chi connectivity index (χ4v) is 2.71. The van der Waals surface area contributed by atoms with Crippen LogP contribution < -0.4 is 10.2 Å². The van der Waals surface area contributed by atoms with Gasteiger partial charge in [-0.25, -0.2) is 0 Å².